The number of rotatable bonds is 4. The molecule has 0 bridgehead atoms. The minimum atomic E-state index is -0.529. The van der Waals surface area contributed by atoms with Crippen LogP contribution < -0.4 is 10.7 Å². The predicted octanol–water partition coefficient (Wildman–Crippen LogP) is -0.801. The Morgan fingerprint density at radius 3 is 2.73 bits per heavy atom. The van der Waals surface area contributed by atoms with E-state index >= 15 is 0 Å². The Balaban J connectivity index is 2.95. The molecule has 15 heavy (non-hydrogen) atoms. The van der Waals surface area contributed by atoms with Gasteiger partial charge in [0.05, 0.1) is 19.3 Å². The van der Waals surface area contributed by atoms with Crippen LogP contribution in [0.1, 0.15) is 0 Å². The van der Waals surface area contributed by atoms with Crippen molar-refractivity contribution in [2.45, 2.75) is 6.04 Å². The van der Waals surface area contributed by atoms with Gasteiger partial charge in [-0.05, 0) is 0 Å². The van der Waals surface area contributed by atoms with Crippen LogP contribution in [-0.2, 0) is 7.05 Å². The van der Waals surface area contributed by atoms with Crippen molar-refractivity contribution >= 4 is 17.4 Å². The average Bonchev–Trinajstić information content (AvgIpc) is 2.21. The number of halogens is 1. The van der Waals surface area contributed by atoms with Gasteiger partial charge in [-0.25, -0.2) is 0 Å². The number of aryl methyl sites for hydroxylation is 1. The molecule has 0 saturated heterocycles. The first-order valence-electron chi connectivity index (χ1n) is 4.30. The molecule has 3 N–H and O–H groups in total. The lowest BCUT2D eigenvalue weighted by molar-refractivity contribution is 0.203. The first kappa shape index (κ1) is 12.0. The molecule has 0 saturated carbocycles. The Labute approximate surface area is 91.1 Å². The molecule has 0 fully saturated rings. The van der Waals surface area contributed by atoms with Crippen LogP contribution in [0.4, 0.5) is 5.82 Å². The van der Waals surface area contributed by atoms with Gasteiger partial charge in [0.15, 0.2) is 5.15 Å². The molecule has 0 spiro atoms. The molecule has 0 radical (unpaired) electrons. The van der Waals surface area contributed by atoms with E-state index in [1.165, 1.54) is 10.7 Å². The summed E-state index contributed by atoms with van der Waals surface area (Å²) in [5, 5.41) is 24.1. The predicted molar refractivity (Wildman–Crippen MR) is 56.1 cm³/mol. The maximum absolute atomic E-state index is 11.2. The summed E-state index contributed by atoms with van der Waals surface area (Å²) in [6.07, 6.45) is 0. The van der Waals surface area contributed by atoms with Gasteiger partial charge < -0.3 is 15.5 Å². The van der Waals surface area contributed by atoms with Gasteiger partial charge in [-0.1, -0.05) is 11.6 Å². The van der Waals surface area contributed by atoms with E-state index in [1.807, 2.05) is 0 Å². The summed E-state index contributed by atoms with van der Waals surface area (Å²) in [4.78, 5) is 11.2. The number of aromatic nitrogens is 2. The Morgan fingerprint density at radius 1 is 1.60 bits per heavy atom. The first-order chi connectivity index (χ1) is 7.08. The van der Waals surface area contributed by atoms with Crippen molar-refractivity contribution in [2.24, 2.45) is 7.05 Å². The number of aliphatic hydroxyl groups excluding tert-OH is 2. The molecule has 6 nitrogen and oxygen atoms in total. The molecule has 0 aliphatic carbocycles. The second-order valence-corrected chi connectivity index (χ2v) is 3.37. The fourth-order valence-electron chi connectivity index (χ4n) is 1.01. The number of aliphatic hydroxyl groups is 2. The molecule has 0 aromatic carbocycles. The van der Waals surface area contributed by atoms with Gasteiger partial charge in [-0.15, -0.1) is 0 Å². The van der Waals surface area contributed by atoms with E-state index in [2.05, 4.69) is 10.4 Å². The van der Waals surface area contributed by atoms with Crippen molar-refractivity contribution in [3.05, 3.63) is 21.4 Å². The van der Waals surface area contributed by atoms with Crippen molar-refractivity contribution in [2.75, 3.05) is 18.5 Å². The fraction of sp³-hybridized carbons (Fsp3) is 0.500. The van der Waals surface area contributed by atoms with Crippen LogP contribution in [0.5, 0.6) is 0 Å². The number of hydrogen-bond acceptors (Lipinski definition) is 5. The molecule has 84 valence electrons. The second-order valence-electron chi connectivity index (χ2n) is 3.01. The lowest BCUT2D eigenvalue weighted by Crippen LogP contribution is -2.30. The molecule has 1 rings (SSSR count). The first-order valence-corrected chi connectivity index (χ1v) is 4.68. The largest absolute Gasteiger partial charge is 0.394 e. The summed E-state index contributed by atoms with van der Waals surface area (Å²) in [5.74, 6) is 0.387. The summed E-state index contributed by atoms with van der Waals surface area (Å²) in [6, 6.07) is 0.728. The third-order valence-corrected chi connectivity index (χ3v) is 2.11. The molecule has 1 aromatic heterocycles. The smallest absolute Gasteiger partial charge is 0.221 e. The standard InChI is InChI=1S/C8H12ClN3O3/c1-12-7(10-5(3-13)4-14)2-6(15)8(9)11-12/h2,5,10,13-14H,3-4H2,1H3. The summed E-state index contributed by atoms with van der Waals surface area (Å²) in [7, 11) is 1.60. The van der Waals surface area contributed by atoms with Crippen LogP contribution >= 0.6 is 11.6 Å². The molecule has 1 heterocycles. The van der Waals surface area contributed by atoms with E-state index in [1.54, 1.807) is 7.05 Å². The highest BCUT2D eigenvalue weighted by atomic mass is 35.5. The van der Waals surface area contributed by atoms with Gasteiger partial charge >= 0.3 is 0 Å². The Morgan fingerprint density at radius 2 is 2.20 bits per heavy atom. The van der Waals surface area contributed by atoms with E-state index < -0.39 is 11.5 Å². The fourth-order valence-corrected chi connectivity index (χ4v) is 1.17. The molecule has 1 aromatic rings. The molecule has 0 aliphatic rings. The zero-order chi connectivity index (χ0) is 11.4. The quantitative estimate of drug-likeness (QED) is 0.634. The van der Waals surface area contributed by atoms with Gasteiger partial charge in [0.2, 0.25) is 5.43 Å². The Kier molecular flexibility index (Phi) is 4.07. The van der Waals surface area contributed by atoms with E-state index in [-0.39, 0.29) is 18.4 Å². The Hall–Kier alpha value is -1.11. The number of hydrogen-bond donors (Lipinski definition) is 3. The summed E-state index contributed by atoms with van der Waals surface area (Å²) in [5.41, 5.74) is -0.410. The maximum Gasteiger partial charge on any atom is 0.221 e. The third kappa shape index (κ3) is 2.92. The number of nitrogens with one attached hydrogen (secondary N) is 1. The third-order valence-electron chi connectivity index (χ3n) is 1.85. The Bertz CT molecular complexity index is 389. The van der Waals surface area contributed by atoms with Gasteiger partial charge in [0.1, 0.15) is 5.82 Å². The summed E-state index contributed by atoms with van der Waals surface area (Å²) in [6.45, 7) is -0.485. The highest BCUT2D eigenvalue weighted by Gasteiger charge is 2.09. The topological polar surface area (TPSA) is 87.4 Å². The SMILES string of the molecule is Cn1nc(Cl)c(=O)cc1NC(CO)CO. The molecular weight excluding hydrogens is 222 g/mol. The minimum absolute atomic E-state index is 0.118. The second kappa shape index (κ2) is 5.11. The molecule has 0 unspecified atom stereocenters. The lowest BCUT2D eigenvalue weighted by atomic mass is 10.3. The highest BCUT2D eigenvalue weighted by molar-refractivity contribution is 6.29. The minimum Gasteiger partial charge on any atom is -0.394 e. The molecular formula is C8H12ClN3O3. The monoisotopic (exact) mass is 233 g/mol. The summed E-state index contributed by atoms with van der Waals surface area (Å²) >= 11 is 5.52. The van der Waals surface area contributed by atoms with Crippen LogP contribution in [0.2, 0.25) is 5.15 Å². The maximum atomic E-state index is 11.2. The zero-order valence-electron chi connectivity index (χ0n) is 8.14. The zero-order valence-corrected chi connectivity index (χ0v) is 8.90. The molecule has 7 heteroatoms. The van der Waals surface area contributed by atoms with E-state index in [0.29, 0.717) is 5.82 Å². The van der Waals surface area contributed by atoms with Crippen LogP contribution in [0, 0.1) is 0 Å². The van der Waals surface area contributed by atoms with Crippen LogP contribution in [0.15, 0.2) is 10.9 Å². The van der Waals surface area contributed by atoms with Crippen molar-refractivity contribution in [1.29, 1.82) is 0 Å². The summed E-state index contributed by atoms with van der Waals surface area (Å²) < 4.78 is 1.36. The van der Waals surface area contributed by atoms with Crippen LogP contribution in [-0.4, -0.2) is 39.2 Å². The van der Waals surface area contributed by atoms with Gasteiger partial charge in [-0.2, -0.15) is 5.10 Å². The van der Waals surface area contributed by atoms with Crippen LogP contribution in [0.25, 0.3) is 0 Å². The van der Waals surface area contributed by atoms with E-state index in [0.717, 1.165) is 0 Å². The van der Waals surface area contributed by atoms with E-state index in [4.69, 9.17) is 21.8 Å². The van der Waals surface area contributed by atoms with Gasteiger partial charge in [-0.3, -0.25) is 9.48 Å². The number of nitrogens with zero attached hydrogens (tertiary/aromatic N) is 2. The normalized spacial score (nSPS) is 10.7. The van der Waals surface area contributed by atoms with Crippen molar-refractivity contribution < 1.29 is 10.2 Å². The van der Waals surface area contributed by atoms with E-state index in [9.17, 15) is 4.79 Å². The molecule has 0 amide bonds. The van der Waals surface area contributed by atoms with Crippen molar-refractivity contribution in [3.8, 4) is 0 Å². The van der Waals surface area contributed by atoms with Gasteiger partial charge in [0.25, 0.3) is 0 Å². The van der Waals surface area contributed by atoms with Crippen molar-refractivity contribution in [1.82, 2.24) is 9.78 Å². The lowest BCUT2D eigenvalue weighted by Gasteiger charge is -2.16. The van der Waals surface area contributed by atoms with Crippen LogP contribution in [0.3, 0.4) is 0 Å². The number of anilines is 1. The highest BCUT2D eigenvalue weighted by Crippen LogP contribution is 2.05. The molecule has 0 atom stereocenters. The average molecular weight is 234 g/mol. The van der Waals surface area contributed by atoms with Gasteiger partial charge in [0, 0.05) is 13.1 Å². The van der Waals surface area contributed by atoms with Crippen molar-refractivity contribution in [3.63, 3.8) is 0 Å². The molecule has 0 aliphatic heterocycles.